The Bertz CT molecular complexity index is 670. The van der Waals surface area contributed by atoms with Crippen molar-refractivity contribution in [3.8, 4) is 0 Å². The molecule has 23 heavy (non-hydrogen) atoms. The number of benzene rings is 2. The zero-order valence-electron chi connectivity index (χ0n) is 12.5. The first kappa shape index (κ1) is 16.3. The molecule has 1 atom stereocenters. The second-order valence-electron chi connectivity index (χ2n) is 5.65. The highest BCUT2D eigenvalue weighted by Gasteiger charge is 2.28. The Balaban J connectivity index is 1.72. The molecule has 2 aromatic rings. The normalized spacial score (nSPS) is 15.2. The molecule has 5 heteroatoms. The topological polar surface area (TPSA) is 29.1 Å². The van der Waals surface area contributed by atoms with E-state index >= 15 is 0 Å². The maximum absolute atomic E-state index is 13.1. The number of carbonyl (C=O) groups is 1. The van der Waals surface area contributed by atoms with Gasteiger partial charge in [-0.2, -0.15) is 0 Å². The second-order valence-corrected chi connectivity index (χ2v) is 7.18. The van der Waals surface area contributed by atoms with Gasteiger partial charge in [-0.15, -0.1) is 11.8 Å². The van der Waals surface area contributed by atoms with Gasteiger partial charge >= 0.3 is 0 Å². The van der Waals surface area contributed by atoms with Crippen LogP contribution < -0.4 is 5.32 Å². The van der Waals surface area contributed by atoms with Gasteiger partial charge in [-0.05, 0) is 48.2 Å². The molecule has 0 radical (unpaired) electrons. The molecule has 2 aromatic carbocycles. The van der Waals surface area contributed by atoms with E-state index in [2.05, 4.69) is 5.32 Å². The van der Waals surface area contributed by atoms with Crippen LogP contribution in [-0.4, -0.2) is 11.9 Å². The van der Waals surface area contributed by atoms with Crippen molar-refractivity contribution in [2.75, 3.05) is 0 Å². The van der Waals surface area contributed by atoms with E-state index in [1.54, 1.807) is 12.1 Å². The summed E-state index contributed by atoms with van der Waals surface area (Å²) in [6, 6.07) is 14.1. The van der Waals surface area contributed by atoms with Crippen molar-refractivity contribution in [1.82, 2.24) is 5.32 Å². The Morgan fingerprint density at radius 3 is 2.43 bits per heavy atom. The van der Waals surface area contributed by atoms with E-state index in [0.717, 1.165) is 24.0 Å². The number of carbonyl (C=O) groups excluding carboxylic acids is 1. The highest BCUT2D eigenvalue weighted by atomic mass is 35.5. The molecular formula is C18H17ClFNOS. The molecule has 2 nitrogen and oxygen atoms in total. The summed E-state index contributed by atoms with van der Waals surface area (Å²) >= 11 is 7.43. The summed E-state index contributed by atoms with van der Waals surface area (Å²) in [5.74, 6) is 0.396. The molecule has 120 valence electrons. The van der Waals surface area contributed by atoms with Gasteiger partial charge in [0, 0.05) is 16.8 Å². The van der Waals surface area contributed by atoms with Gasteiger partial charge in [-0.25, -0.2) is 4.39 Å². The number of thioether (sulfide) groups is 1. The van der Waals surface area contributed by atoms with Crippen LogP contribution in [0.25, 0.3) is 0 Å². The van der Waals surface area contributed by atoms with E-state index in [1.807, 2.05) is 24.3 Å². The highest BCUT2D eigenvalue weighted by Crippen LogP contribution is 2.33. The Morgan fingerprint density at radius 1 is 1.17 bits per heavy atom. The quantitative estimate of drug-likeness (QED) is 0.816. The van der Waals surface area contributed by atoms with Crippen LogP contribution >= 0.6 is 23.4 Å². The van der Waals surface area contributed by atoms with Crippen molar-refractivity contribution in [3.63, 3.8) is 0 Å². The SMILES string of the molecule is O=C(NC1CC1)[C@H](SCc1ccc(Cl)cc1)c1ccc(F)cc1. The number of rotatable bonds is 6. The lowest BCUT2D eigenvalue weighted by atomic mass is 10.1. The van der Waals surface area contributed by atoms with Crippen LogP contribution in [0, 0.1) is 5.82 Å². The minimum Gasteiger partial charge on any atom is -0.352 e. The first-order chi connectivity index (χ1) is 11.1. The van der Waals surface area contributed by atoms with E-state index in [1.165, 1.54) is 23.9 Å². The van der Waals surface area contributed by atoms with Gasteiger partial charge in [0.2, 0.25) is 5.91 Å². The molecule has 0 aromatic heterocycles. The molecule has 0 saturated heterocycles. The van der Waals surface area contributed by atoms with Crippen LogP contribution in [0.4, 0.5) is 4.39 Å². The molecule has 1 aliphatic carbocycles. The van der Waals surface area contributed by atoms with Gasteiger partial charge in [0.25, 0.3) is 0 Å². The Labute approximate surface area is 144 Å². The maximum atomic E-state index is 13.1. The predicted octanol–water partition coefficient (Wildman–Crippen LogP) is 4.73. The minimum absolute atomic E-state index is 0.00179. The summed E-state index contributed by atoms with van der Waals surface area (Å²) in [7, 11) is 0. The summed E-state index contributed by atoms with van der Waals surface area (Å²) in [4.78, 5) is 12.5. The number of halogens is 2. The summed E-state index contributed by atoms with van der Waals surface area (Å²) in [5, 5.41) is 3.39. The smallest absolute Gasteiger partial charge is 0.237 e. The molecule has 1 saturated carbocycles. The minimum atomic E-state index is -0.341. The first-order valence-corrected chi connectivity index (χ1v) is 8.96. The highest BCUT2D eigenvalue weighted by molar-refractivity contribution is 7.99. The average Bonchev–Trinajstić information content (AvgIpc) is 3.35. The van der Waals surface area contributed by atoms with E-state index in [0.29, 0.717) is 16.8 Å². The zero-order chi connectivity index (χ0) is 16.2. The Kier molecular flexibility index (Phi) is 5.23. The lowest BCUT2D eigenvalue weighted by Crippen LogP contribution is -2.29. The van der Waals surface area contributed by atoms with Gasteiger partial charge in [0.1, 0.15) is 11.1 Å². The molecule has 0 bridgehead atoms. The van der Waals surface area contributed by atoms with Crippen LogP contribution in [0.3, 0.4) is 0 Å². The molecule has 1 N–H and O–H groups in total. The second kappa shape index (κ2) is 7.37. The third-order valence-corrected chi connectivity index (χ3v) is 5.24. The number of hydrogen-bond acceptors (Lipinski definition) is 2. The predicted molar refractivity (Wildman–Crippen MR) is 93.1 cm³/mol. The van der Waals surface area contributed by atoms with Crippen LogP contribution in [-0.2, 0) is 10.5 Å². The molecule has 0 spiro atoms. The first-order valence-electron chi connectivity index (χ1n) is 7.54. The lowest BCUT2D eigenvalue weighted by molar-refractivity contribution is -0.120. The number of hydrogen-bond donors (Lipinski definition) is 1. The summed E-state index contributed by atoms with van der Waals surface area (Å²) in [6.45, 7) is 0. The van der Waals surface area contributed by atoms with Gasteiger partial charge in [0.05, 0.1) is 0 Å². The van der Waals surface area contributed by atoms with E-state index in [9.17, 15) is 9.18 Å². The lowest BCUT2D eigenvalue weighted by Gasteiger charge is -2.17. The number of nitrogens with one attached hydrogen (secondary N) is 1. The van der Waals surface area contributed by atoms with Crippen molar-refractivity contribution in [1.29, 1.82) is 0 Å². The Hall–Kier alpha value is -1.52. The largest absolute Gasteiger partial charge is 0.352 e. The van der Waals surface area contributed by atoms with E-state index in [4.69, 9.17) is 11.6 Å². The van der Waals surface area contributed by atoms with E-state index in [-0.39, 0.29) is 17.0 Å². The third-order valence-electron chi connectivity index (χ3n) is 3.66. The van der Waals surface area contributed by atoms with Crippen molar-refractivity contribution >= 4 is 29.3 Å². The molecule has 1 fully saturated rings. The zero-order valence-corrected chi connectivity index (χ0v) is 14.0. The molecule has 0 aliphatic heterocycles. The van der Waals surface area contributed by atoms with Crippen LogP contribution in [0.15, 0.2) is 48.5 Å². The fourth-order valence-electron chi connectivity index (χ4n) is 2.23. The van der Waals surface area contributed by atoms with E-state index < -0.39 is 0 Å². The van der Waals surface area contributed by atoms with Gasteiger partial charge in [-0.1, -0.05) is 35.9 Å². The molecule has 0 heterocycles. The number of amides is 1. The molecule has 0 unspecified atom stereocenters. The molecule has 3 rings (SSSR count). The van der Waals surface area contributed by atoms with Crippen molar-refractivity contribution in [2.45, 2.75) is 29.9 Å². The summed E-state index contributed by atoms with van der Waals surface area (Å²) in [5.41, 5.74) is 1.93. The van der Waals surface area contributed by atoms with Crippen molar-refractivity contribution in [3.05, 3.63) is 70.5 Å². The van der Waals surface area contributed by atoms with Gasteiger partial charge in [0.15, 0.2) is 0 Å². The summed E-state index contributed by atoms with van der Waals surface area (Å²) < 4.78 is 13.1. The van der Waals surface area contributed by atoms with Crippen LogP contribution in [0.5, 0.6) is 0 Å². The monoisotopic (exact) mass is 349 g/mol. The van der Waals surface area contributed by atoms with Crippen molar-refractivity contribution < 1.29 is 9.18 Å². The fraction of sp³-hybridized carbons (Fsp3) is 0.278. The molecule has 1 aliphatic rings. The molecule has 1 amide bonds. The standard InChI is InChI=1S/C18H17ClFNOS/c19-14-5-1-12(2-6-14)11-23-17(18(22)21-16-9-10-16)13-3-7-15(20)8-4-13/h1-8,16-17H,9-11H2,(H,21,22)/t17-/m1/s1. The van der Waals surface area contributed by atoms with Crippen LogP contribution in [0.1, 0.15) is 29.2 Å². The average molecular weight is 350 g/mol. The van der Waals surface area contributed by atoms with Crippen molar-refractivity contribution in [2.24, 2.45) is 0 Å². The Morgan fingerprint density at radius 2 is 1.83 bits per heavy atom. The van der Waals surface area contributed by atoms with Gasteiger partial charge in [-0.3, -0.25) is 4.79 Å². The third kappa shape index (κ3) is 4.72. The maximum Gasteiger partial charge on any atom is 0.237 e. The summed E-state index contributed by atoms with van der Waals surface area (Å²) in [6.07, 6.45) is 2.09. The fourth-order valence-corrected chi connectivity index (χ4v) is 3.47. The molecular weight excluding hydrogens is 333 g/mol. The van der Waals surface area contributed by atoms with Gasteiger partial charge < -0.3 is 5.32 Å². The van der Waals surface area contributed by atoms with Crippen LogP contribution in [0.2, 0.25) is 5.02 Å².